The third kappa shape index (κ3) is 2.89. The third-order valence-electron chi connectivity index (χ3n) is 2.90. The lowest BCUT2D eigenvalue weighted by molar-refractivity contribution is 0.0591. The highest BCUT2D eigenvalue weighted by Crippen LogP contribution is 2.26. The van der Waals surface area contributed by atoms with Crippen LogP contribution in [0.15, 0.2) is 39.5 Å². The Labute approximate surface area is 120 Å². The number of rotatable bonds is 4. The van der Waals surface area contributed by atoms with E-state index in [2.05, 4.69) is 4.74 Å². The lowest BCUT2D eigenvalue weighted by atomic mass is 10.1. The number of benzene rings is 1. The molecule has 0 amide bonds. The smallest absolute Gasteiger partial charge is 0.354 e. The summed E-state index contributed by atoms with van der Waals surface area (Å²) >= 11 is 0. The first-order valence-electron chi connectivity index (χ1n) is 6.05. The molecule has 2 rings (SSSR count). The molecule has 0 fully saturated rings. The van der Waals surface area contributed by atoms with Gasteiger partial charge in [-0.05, 0) is 24.3 Å². The summed E-state index contributed by atoms with van der Waals surface area (Å²) in [7, 11) is 4.10. The SMILES string of the molecule is COC(=O)c1c(OC)cc(-c2ccc(OC)cc2)oc1=O. The molecular formula is C15H14O6. The maximum atomic E-state index is 11.9. The molecule has 0 atom stereocenters. The van der Waals surface area contributed by atoms with E-state index in [0.717, 1.165) is 0 Å². The van der Waals surface area contributed by atoms with Crippen molar-refractivity contribution in [3.63, 3.8) is 0 Å². The molecule has 1 aromatic carbocycles. The van der Waals surface area contributed by atoms with Gasteiger partial charge in [-0.3, -0.25) is 0 Å². The average Bonchev–Trinajstić information content (AvgIpc) is 2.53. The summed E-state index contributed by atoms with van der Waals surface area (Å²) < 4.78 is 19.8. The Morgan fingerprint density at radius 3 is 2.24 bits per heavy atom. The molecule has 0 radical (unpaired) electrons. The average molecular weight is 290 g/mol. The molecule has 0 saturated carbocycles. The number of ether oxygens (including phenoxy) is 3. The van der Waals surface area contributed by atoms with Crippen molar-refractivity contribution in [3.8, 4) is 22.8 Å². The quantitative estimate of drug-likeness (QED) is 0.803. The van der Waals surface area contributed by atoms with Gasteiger partial charge in [-0.2, -0.15) is 0 Å². The number of hydrogen-bond acceptors (Lipinski definition) is 6. The largest absolute Gasteiger partial charge is 0.497 e. The van der Waals surface area contributed by atoms with Crippen molar-refractivity contribution >= 4 is 5.97 Å². The minimum Gasteiger partial charge on any atom is -0.497 e. The van der Waals surface area contributed by atoms with Gasteiger partial charge in [0.2, 0.25) is 0 Å². The first kappa shape index (κ1) is 14.6. The molecule has 0 saturated heterocycles. The molecule has 0 aliphatic rings. The zero-order valence-corrected chi connectivity index (χ0v) is 11.8. The van der Waals surface area contributed by atoms with Crippen molar-refractivity contribution < 1.29 is 23.4 Å². The summed E-state index contributed by atoms with van der Waals surface area (Å²) in [6.07, 6.45) is 0. The topological polar surface area (TPSA) is 75.0 Å². The molecule has 1 heterocycles. The van der Waals surface area contributed by atoms with E-state index < -0.39 is 11.6 Å². The van der Waals surface area contributed by atoms with Gasteiger partial charge in [-0.15, -0.1) is 0 Å². The fraction of sp³-hybridized carbons (Fsp3) is 0.200. The van der Waals surface area contributed by atoms with Crippen molar-refractivity contribution in [2.45, 2.75) is 0 Å². The van der Waals surface area contributed by atoms with Gasteiger partial charge < -0.3 is 18.6 Å². The summed E-state index contributed by atoms with van der Waals surface area (Å²) in [6, 6.07) is 8.39. The molecule has 6 nitrogen and oxygen atoms in total. The van der Waals surface area contributed by atoms with Gasteiger partial charge in [0.1, 0.15) is 17.3 Å². The van der Waals surface area contributed by atoms with Crippen LogP contribution in [0, 0.1) is 0 Å². The first-order valence-corrected chi connectivity index (χ1v) is 6.05. The van der Waals surface area contributed by atoms with Crippen molar-refractivity contribution in [2.75, 3.05) is 21.3 Å². The molecule has 2 aromatic rings. The highest BCUT2D eigenvalue weighted by atomic mass is 16.5. The minimum absolute atomic E-state index is 0.101. The molecule has 21 heavy (non-hydrogen) atoms. The maximum Gasteiger partial charge on any atom is 0.354 e. The second kappa shape index (κ2) is 6.13. The summed E-state index contributed by atoms with van der Waals surface area (Å²) in [5.41, 5.74) is -0.424. The molecule has 6 heteroatoms. The van der Waals surface area contributed by atoms with Crippen molar-refractivity contribution in [1.29, 1.82) is 0 Å². The molecule has 0 bridgehead atoms. The van der Waals surface area contributed by atoms with Crippen LogP contribution in [0.25, 0.3) is 11.3 Å². The Balaban J connectivity index is 2.53. The van der Waals surface area contributed by atoms with Crippen LogP contribution in [0.3, 0.4) is 0 Å². The van der Waals surface area contributed by atoms with E-state index in [9.17, 15) is 9.59 Å². The maximum absolute atomic E-state index is 11.9. The Morgan fingerprint density at radius 2 is 1.71 bits per heavy atom. The predicted molar refractivity (Wildman–Crippen MR) is 74.9 cm³/mol. The number of methoxy groups -OCH3 is 3. The first-order chi connectivity index (χ1) is 10.1. The van der Waals surface area contributed by atoms with E-state index in [0.29, 0.717) is 11.3 Å². The molecular weight excluding hydrogens is 276 g/mol. The van der Waals surface area contributed by atoms with Crippen LogP contribution in [0.2, 0.25) is 0 Å². The summed E-state index contributed by atoms with van der Waals surface area (Å²) in [6.45, 7) is 0. The normalized spacial score (nSPS) is 10.0. The molecule has 0 spiro atoms. The Hall–Kier alpha value is -2.76. The monoisotopic (exact) mass is 290 g/mol. The lowest BCUT2D eigenvalue weighted by Crippen LogP contribution is -2.17. The summed E-state index contributed by atoms with van der Waals surface area (Å²) in [4.78, 5) is 23.5. The van der Waals surface area contributed by atoms with Crippen LogP contribution in [0.1, 0.15) is 10.4 Å². The fourth-order valence-electron chi connectivity index (χ4n) is 1.82. The predicted octanol–water partition coefficient (Wildman–Crippen LogP) is 2.11. The van der Waals surface area contributed by atoms with Crippen LogP contribution in [-0.4, -0.2) is 27.3 Å². The molecule has 0 N–H and O–H groups in total. The number of carbonyl (C=O) groups is 1. The van der Waals surface area contributed by atoms with Crippen molar-refractivity contribution in [2.24, 2.45) is 0 Å². The molecule has 0 aliphatic carbocycles. The van der Waals surface area contributed by atoms with Gasteiger partial charge in [-0.1, -0.05) is 0 Å². The zero-order valence-electron chi connectivity index (χ0n) is 11.8. The summed E-state index contributed by atoms with van der Waals surface area (Å²) in [5, 5.41) is 0. The van der Waals surface area contributed by atoms with E-state index >= 15 is 0 Å². The van der Waals surface area contributed by atoms with Gasteiger partial charge in [0, 0.05) is 11.6 Å². The van der Waals surface area contributed by atoms with Crippen LogP contribution in [-0.2, 0) is 4.74 Å². The Morgan fingerprint density at radius 1 is 1.05 bits per heavy atom. The van der Waals surface area contributed by atoms with Gasteiger partial charge >= 0.3 is 11.6 Å². The molecule has 0 unspecified atom stereocenters. The zero-order chi connectivity index (χ0) is 15.4. The van der Waals surface area contributed by atoms with E-state index in [1.807, 2.05) is 0 Å². The fourth-order valence-corrected chi connectivity index (χ4v) is 1.82. The molecule has 1 aromatic heterocycles. The van der Waals surface area contributed by atoms with E-state index in [4.69, 9.17) is 13.9 Å². The Bertz CT molecular complexity index is 699. The standard InChI is InChI=1S/C15H14O6/c1-18-10-6-4-9(5-7-10)11-8-12(19-2)13(14(16)20-3)15(17)21-11/h4-8H,1-3H3. The Kier molecular flexibility index (Phi) is 4.27. The van der Waals surface area contributed by atoms with Gasteiger partial charge in [0.25, 0.3) is 0 Å². The van der Waals surface area contributed by atoms with Gasteiger partial charge in [0.05, 0.1) is 21.3 Å². The van der Waals surface area contributed by atoms with Gasteiger partial charge in [-0.25, -0.2) is 9.59 Å². The summed E-state index contributed by atoms with van der Waals surface area (Å²) in [5.74, 6) is 0.261. The van der Waals surface area contributed by atoms with Crippen LogP contribution >= 0.6 is 0 Å². The third-order valence-corrected chi connectivity index (χ3v) is 2.90. The highest BCUT2D eigenvalue weighted by Gasteiger charge is 2.21. The van der Waals surface area contributed by atoms with E-state index in [-0.39, 0.29) is 17.1 Å². The van der Waals surface area contributed by atoms with E-state index in [1.54, 1.807) is 31.4 Å². The molecule has 0 aliphatic heterocycles. The number of carbonyl (C=O) groups excluding carboxylic acids is 1. The van der Waals surface area contributed by atoms with E-state index in [1.165, 1.54) is 20.3 Å². The van der Waals surface area contributed by atoms with Crippen molar-refractivity contribution in [1.82, 2.24) is 0 Å². The number of esters is 1. The van der Waals surface area contributed by atoms with Crippen LogP contribution in [0.5, 0.6) is 11.5 Å². The second-order valence-corrected chi connectivity index (χ2v) is 4.06. The lowest BCUT2D eigenvalue weighted by Gasteiger charge is -2.08. The van der Waals surface area contributed by atoms with Crippen LogP contribution in [0.4, 0.5) is 0 Å². The number of hydrogen-bond donors (Lipinski definition) is 0. The van der Waals surface area contributed by atoms with Crippen LogP contribution < -0.4 is 15.1 Å². The minimum atomic E-state index is -0.813. The second-order valence-electron chi connectivity index (χ2n) is 4.06. The van der Waals surface area contributed by atoms with Crippen molar-refractivity contribution in [3.05, 3.63) is 46.3 Å². The highest BCUT2D eigenvalue weighted by molar-refractivity contribution is 5.92. The van der Waals surface area contributed by atoms with Gasteiger partial charge in [0.15, 0.2) is 5.56 Å². The molecule has 110 valence electrons.